The fourth-order valence-electron chi connectivity index (χ4n) is 1.12. The SMILES string of the molecule is O=C(Oc1cccc(OC(=O)C(O)CO)c1)C(O)CO. The summed E-state index contributed by atoms with van der Waals surface area (Å²) < 4.78 is 9.45. The lowest BCUT2D eigenvalue weighted by Crippen LogP contribution is -2.29. The predicted molar refractivity (Wildman–Crippen MR) is 63.9 cm³/mol. The van der Waals surface area contributed by atoms with Gasteiger partial charge in [0.1, 0.15) is 11.5 Å². The molecule has 0 aliphatic carbocycles. The van der Waals surface area contributed by atoms with Crippen molar-refractivity contribution in [2.45, 2.75) is 12.2 Å². The molecule has 0 amide bonds. The number of hydrogen-bond acceptors (Lipinski definition) is 8. The lowest BCUT2D eigenvalue weighted by molar-refractivity contribution is -0.145. The van der Waals surface area contributed by atoms with Gasteiger partial charge < -0.3 is 29.9 Å². The second-order valence-corrected chi connectivity index (χ2v) is 3.71. The van der Waals surface area contributed by atoms with E-state index >= 15 is 0 Å². The molecule has 0 saturated heterocycles. The highest BCUT2D eigenvalue weighted by Crippen LogP contribution is 2.20. The zero-order valence-corrected chi connectivity index (χ0v) is 10.3. The van der Waals surface area contributed by atoms with Crippen LogP contribution in [0.1, 0.15) is 0 Å². The van der Waals surface area contributed by atoms with Gasteiger partial charge in [0, 0.05) is 6.07 Å². The van der Waals surface area contributed by atoms with Gasteiger partial charge in [-0.25, -0.2) is 9.59 Å². The summed E-state index contributed by atoms with van der Waals surface area (Å²) >= 11 is 0. The monoisotopic (exact) mass is 286 g/mol. The number of esters is 2. The van der Waals surface area contributed by atoms with Crippen molar-refractivity contribution in [3.05, 3.63) is 24.3 Å². The summed E-state index contributed by atoms with van der Waals surface area (Å²) in [6.45, 7) is -1.56. The lowest BCUT2D eigenvalue weighted by Gasteiger charge is -2.10. The van der Waals surface area contributed by atoms with Gasteiger partial charge in [0.25, 0.3) is 0 Å². The maximum absolute atomic E-state index is 11.2. The average molecular weight is 286 g/mol. The summed E-state index contributed by atoms with van der Waals surface area (Å²) in [5.74, 6) is -2.17. The molecule has 0 saturated carbocycles. The molecule has 0 radical (unpaired) electrons. The van der Waals surface area contributed by atoms with E-state index in [0.29, 0.717) is 0 Å². The van der Waals surface area contributed by atoms with Gasteiger partial charge in [-0.15, -0.1) is 0 Å². The van der Waals surface area contributed by atoms with Gasteiger partial charge in [-0.3, -0.25) is 0 Å². The van der Waals surface area contributed by atoms with E-state index in [4.69, 9.17) is 29.9 Å². The molecule has 1 rings (SSSR count). The van der Waals surface area contributed by atoms with Crippen molar-refractivity contribution < 1.29 is 39.5 Å². The Morgan fingerprint density at radius 1 is 0.950 bits per heavy atom. The Morgan fingerprint density at radius 3 is 1.70 bits per heavy atom. The van der Waals surface area contributed by atoms with Crippen molar-refractivity contribution in [1.29, 1.82) is 0 Å². The third-order valence-corrected chi connectivity index (χ3v) is 2.13. The molecule has 0 aliphatic heterocycles. The zero-order valence-electron chi connectivity index (χ0n) is 10.3. The third-order valence-electron chi connectivity index (χ3n) is 2.13. The minimum absolute atomic E-state index is 0.0220. The second-order valence-electron chi connectivity index (χ2n) is 3.71. The second kappa shape index (κ2) is 7.56. The van der Waals surface area contributed by atoms with Crippen LogP contribution in [-0.4, -0.2) is 57.8 Å². The standard InChI is InChI=1S/C12H14O8/c13-5-9(15)11(17)19-7-2-1-3-8(4-7)20-12(18)10(16)6-14/h1-4,9-10,13-16H,5-6H2. The van der Waals surface area contributed by atoms with Crippen molar-refractivity contribution in [2.75, 3.05) is 13.2 Å². The number of aliphatic hydroxyl groups is 4. The molecule has 2 unspecified atom stereocenters. The first-order chi connectivity index (χ1) is 9.47. The number of carbonyl (C=O) groups is 2. The number of aliphatic hydroxyl groups excluding tert-OH is 4. The molecule has 0 spiro atoms. The summed E-state index contributed by atoms with van der Waals surface area (Å²) in [5, 5.41) is 35.2. The summed E-state index contributed by atoms with van der Waals surface area (Å²) in [7, 11) is 0. The Morgan fingerprint density at radius 2 is 1.35 bits per heavy atom. The predicted octanol–water partition coefficient (Wildman–Crippen LogP) is -1.80. The van der Waals surface area contributed by atoms with E-state index in [1.54, 1.807) is 0 Å². The molecule has 0 fully saturated rings. The number of hydrogen-bond donors (Lipinski definition) is 4. The van der Waals surface area contributed by atoms with Crippen LogP contribution in [0.5, 0.6) is 11.5 Å². The van der Waals surface area contributed by atoms with Gasteiger partial charge in [0.2, 0.25) is 0 Å². The summed E-state index contributed by atoms with van der Waals surface area (Å²) in [6.07, 6.45) is -3.34. The van der Waals surface area contributed by atoms with E-state index in [2.05, 4.69) is 0 Å². The first kappa shape index (κ1) is 16.1. The van der Waals surface area contributed by atoms with Crippen LogP contribution in [0.4, 0.5) is 0 Å². The maximum atomic E-state index is 11.2. The fourth-order valence-corrected chi connectivity index (χ4v) is 1.12. The van der Waals surface area contributed by atoms with Crippen LogP contribution >= 0.6 is 0 Å². The number of rotatable bonds is 6. The van der Waals surface area contributed by atoms with Crippen LogP contribution in [-0.2, 0) is 9.59 Å². The van der Waals surface area contributed by atoms with Crippen molar-refractivity contribution in [3.63, 3.8) is 0 Å². The number of carbonyl (C=O) groups excluding carboxylic acids is 2. The molecule has 20 heavy (non-hydrogen) atoms. The molecule has 2 atom stereocenters. The van der Waals surface area contributed by atoms with Gasteiger partial charge >= 0.3 is 11.9 Å². The van der Waals surface area contributed by atoms with Crippen LogP contribution in [0.25, 0.3) is 0 Å². The van der Waals surface area contributed by atoms with E-state index in [1.165, 1.54) is 24.3 Å². The smallest absolute Gasteiger partial charge is 0.342 e. The first-order valence-corrected chi connectivity index (χ1v) is 5.59. The van der Waals surface area contributed by atoms with E-state index in [1.807, 2.05) is 0 Å². The normalized spacial score (nSPS) is 13.4. The van der Waals surface area contributed by atoms with Crippen molar-refractivity contribution in [3.8, 4) is 11.5 Å². The third kappa shape index (κ3) is 4.59. The molecule has 8 heteroatoms. The topological polar surface area (TPSA) is 134 Å². The quantitative estimate of drug-likeness (QED) is 0.356. The molecule has 1 aromatic carbocycles. The molecule has 4 N–H and O–H groups in total. The Bertz CT molecular complexity index is 433. The Balaban J connectivity index is 2.71. The highest BCUT2D eigenvalue weighted by atomic mass is 16.6. The molecule has 0 heterocycles. The van der Waals surface area contributed by atoms with Gasteiger partial charge in [0.05, 0.1) is 13.2 Å². The molecule has 1 aromatic rings. The first-order valence-electron chi connectivity index (χ1n) is 5.59. The highest BCUT2D eigenvalue weighted by Gasteiger charge is 2.18. The van der Waals surface area contributed by atoms with Crippen LogP contribution in [0.15, 0.2) is 24.3 Å². The zero-order chi connectivity index (χ0) is 15.1. The Hall–Kier alpha value is -2.00. The van der Waals surface area contributed by atoms with Crippen LogP contribution in [0, 0.1) is 0 Å². The minimum atomic E-state index is -1.67. The van der Waals surface area contributed by atoms with Gasteiger partial charge in [0.15, 0.2) is 12.2 Å². The molecule has 0 bridgehead atoms. The summed E-state index contributed by atoms with van der Waals surface area (Å²) in [4.78, 5) is 22.4. The largest absolute Gasteiger partial charge is 0.424 e. The van der Waals surface area contributed by atoms with Crippen molar-refractivity contribution >= 4 is 11.9 Å². The van der Waals surface area contributed by atoms with Gasteiger partial charge in [-0.1, -0.05) is 6.07 Å². The fraction of sp³-hybridized carbons (Fsp3) is 0.333. The average Bonchev–Trinajstić information content (AvgIpc) is 2.45. The molecule has 8 nitrogen and oxygen atoms in total. The maximum Gasteiger partial charge on any atom is 0.342 e. The van der Waals surface area contributed by atoms with E-state index in [0.717, 1.165) is 0 Å². The lowest BCUT2D eigenvalue weighted by atomic mass is 10.3. The van der Waals surface area contributed by atoms with Crippen LogP contribution in [0.2, 0.25) is 0 Å². The number of ether oxygens (including phenoxy) is 2. The number of benzene rings is 1. The Labute approximate surface area is 113 Å². The van der Waals surface area contributed by atoms with E-state index in [-0.39, 0.29) is 11.5 Å². The molecular weight excluding hydrogens is 272 g/mol. The van der Waals surface area contributed by atoms with E-state index in [9.17, 15) is 9.59 Å². The summed E-state index contributed by atoms with van der Waals surface area (Å²) in [5.41, 5.74) is 0. The van der Waals surface area contributed by atoms with Gasteiger partial charge in [-0.2, -0.15) is 0 Å². The van der Waals surface area contributed by atoms with Crippen LogP contribution < -0.4 is 9.47 Å². The minimum Gasteiger partial charge on any atom is -0.424 e. The van der Waals surface area contributed by atoms with E-state index < -0.39 is 37.4 Å². The molecule has 110 valence electrons. The molecular formula is C12H14O8. The highest BCUT2D eigenvalue weighted by molar-refractivity contribution is 5.78. The van der Waals surface area contributed by atoms with Crippen LogP contribution in [0.3, 0.4) is 0 Å². The van der Waals surface area contributed by atoms with Crippen molar-refractivity contribution in [2.24, 2.45) is 0 Å². The van der Waals surface area contributed by atoms with Gasteiger partial charge in [-0.05, 0) is 12.1 Å². The molecule has 0 aliphatic rings. The van der Waals surface area contributed by atoms with Crippen molar-refractivity contribution in [1.82, 2.24) is 0 Å². The molecule has 0 aromatic heterocycles. The summed E-state index contributed by atoms with van der Waals surface area (Å²) in [6, 6.07) is 5.30. The Kier molecular flexibility index (Phi) is 6.07.